The third-order valence-corrected chi connectivity index (χ3v) is 4.66. The van der Waals surface area contributed by atoms with Crippen LogP contribution in [0.1, 0.15) is 18.9 Å². The van der Waals surface area contributed by atoms with E-state index in [1.165, 1.54) is 13.3 Å². The molecule has 27 heavy (non-hydrogen) atoms. The minimum Gasteiger partial charge on any atom is -0.281 e. The highest BCUT2D eigenvalue weighted by atomic mass is 35.5. The van der Waals surface area contributed by atoms with Crippen LogP contribution in [0.15, 0.2) is 44.8 Å². The van der Waals surface area contributed by atoms with Crippen molar-refractivity contribution in [1.29, 1.82) is 0 Å². The average Bonchev–Trinajstić information content (AvgIpc) is 3.01. The molecule has 3 amide bonds. The summed E-state index contributed by atoms with van der Waals surface area (Å²) in [5.74, 6) is -1.83. The average molecular weight is 408 g/mol. The Balaban J connectivity index is 1.66. The molecule has 0 radical (unpaired) electrons. The van der Waals surface area contributed by atoms with Crippen molar-refractivity contribution in [2.24, 2.45) is 21.2 Å². The quantitative estimate of drug-likeness (QED) is 0.470. The first-order valence-electron chi connectivity index (χ1n) is 8.02. The summed E-state index contributed by atoms with van der Waals surface area (Å²) in [6, 6.07) is 4.13. The van der Waals surface area contributed by atoms with E-state index in [1.54, 1.807) is 25.1 Å². The number of hydrogen-bond donors (Lipinski definition) is 1. The van der Waals surface area contributed by atoms with E-state index in [1.807, 2.05) is 0 Å². The fraction of sp³-hybridized carbons (Fsp3) is 0.294. The first kappa shape index (κ1) is 19.2. The molecule has 10 heteroatoms. The number of halogens is 2. The summed E-state index contributed by atoms with van der Waals surface area (Å²) in [5, 5.41) is 12.7. The van der Waals surface area contributed by atoms with Crippen LogP contribution in [0.2, 0.25) is 10.0 Å². The second-order valence-corrected chi connectivity index (χ2v) is 7.03. The van der Waals surface area contributed by atoms with Crippen molar-refractivity contribution in [3.63, 3.8) is 0 Å². The number of nitrogens with one attached hydrogen (secondary N) is 1. The Morgan fingerprint density at radius 2 is 1.96 bits per heavy atom. The van der Waals surface area contributed by atoms with Crippen molar-refractivity contribution in [3.05, 3.63) is 45.1 Å². The second kappa shape index (κ2) is 7.58. The lowest BCUT2D eigenvalue weighted by atomic mass is 9.91. The maximum absolute atomic E-state index is 12.4. The van der Waals surface area contributed by atoms with Gasteiger partial charge in [-0.15, -0.1) is 0 Å². The maximum atomic E-state index is 12.4. The minimum absolute atomic E-state index is 0.115. The van der Waals surface area contributed by atoms with Crippen molar-refractivity contribution in [1.82, 2.24) is 10.3 Å². The third kappa shape index (κ3) is 3.91. The van der Waals surface area contributed by atoms with E-state index < -0.39 is 23.8 Å². The Labute approximate surface area is 164 Å². The number of carbonyl (C=O) groups is 3. The van der Waals surface area contributed by atoms with Gasteiger partial charge in [-0.2, -0.15) is 15.3 Å². The SMILES string of the molecule is CC1C(=O)N(C)C(=O)C2=C1N=NC2CC(=O)N/N=C/c1cc(Cl)cc(Cl)c1. The molecule has 2 heterocycles. The predicted octanol–water partition coefficient (Wildman–Crippen LogP) is 2.56. The van der Waals surface area contributed by atoms with Gasteiger partial charge in [0.2, 0.25) is 11.8 Å². The summed E-state index contributed by atoms with van der Waals surface area (Å²) < 4.78 is 0. The molecule has 0 bridgehead atoms. The van der Waals surface area contributed by atoms with Gasteiger partial charge in [0.1, 0.15) is 6.04 Å². The van der Waals surface area contributed by atoms with Gasteiger partial charge in [0.15, 0.2) is 0 Å². The number of azo groups is 1. The Kier molecular flexibility index (Phi) is 5.38. The summed E-state index contributed by atoms with van der Waals surface area (Å²) in [6.07, 6.45) is 1.28. The number of likely N-dealkylation sites (N-methyl/N-ethyl adjacent to an activating group) is 1. The minimum atomic E-state index is -0.735. The van der Waals surface area contributed by atoms with E-state index in [0.717, 1.165) is 4.90 Å². The zero-order valence-electron chi connectivity index (χ0n) is 14.4. The molecule has 0 spiro atoms. The van der Waals surface area contributed by atoms with E-state index in [4.69, 9.17) is 23.2 Å². The number of carbonyl (C=O) groups excluding carboxylic acids is 3. The molecule has 2 atom stereocenters. The standard InChI is InChI=1S/C17H15Cl2N5O3/c1-8-15-14(17(27)24(2)16(8)26)12(21-23-15)6-13(25)22-20-7-9-3-10(18)5-11(19)4-9/h3-5,7-8,12H,6H2,1-2H3,(H,22,25)/b20-7+. The molecule has 2 aliphatic rings. The van der Waals surface area contributed by atoms with Gasteiger partial charge < -0.3 is 0 Å². The van der Waals surface area contributed by atoms with Crippen LogP contribution >= 0.6 is 23.2 Å². The van der Waals surface area contributed by atoms with E-state index in [-0.39, 0.29) is 17.9 Å². The maximum Gasteiger partial charge on any atom is 0.260 e. The normalized spacial score (nSPS) is 22.0. The van der Waals surface area contributed by atoms with Gasteiger partial charge in [0, 0.05) is 17.1 Å². The summed E-state index contributed by atoms with van der Waals surface area (Å²) in [7, 11) is 1.40. The van der Waals surface area contributed by atoms with Gasteiger partial charge in [-0.3, -0.25) is 19.3 Å². The Morgan fingerprint density at radius 3 is 2.63 bits per heavy atom. The molecule has 0 aliphatic carbocycles. The third-order valence-electron chi connectivity index (χ3n) is 4.23. The van der Waals surface area contributed by atoms with Crippen LogP contribution in [-0.4, -0.2) is 41.9 Å². The van der Waals surface area contributed by atoms with Gasteiger partial charge in [0.05, 0.1) is 29.8 Å². The van der Waals surface area contributed by atoms with E-state index in [2.05, 4.69) is 20.8 Å². The van der Waals surface area contributed by atoms with Crippen molar-refractivity contribution in [3.8, 4) is 0 Å². The predicted molar refractivity (Wildman–Crippen MR) is 99.4 cm³/mol. The topological polar surface area (TPSA) is 104 Å². The first-order chi connectivity index (χ1) is 12.8. The molecule has 140 valence electrons. The van der Waals surface area contributed by atoms with Crippen molar-refractivity contribution < 1.29 is 14.4 Å². The first-order valence-corrected chi connectivity index (χ1v) is 8.78. The number of rotatable bonds is 4. The Hall–Kier alpha value is -2.58. The number of hydrogen-bond acceptors (Lipinski definition) is 6. The summed E-state index contributed by atoms with van der Waals surface area (Å²) in [5.41, 5.74) is 3.60. The fourth-order valence-corrected chi connectivity index (χ4v) is 3.41. The van der Waals surface area contributed by atoms with Crippen LogP contribution in [-0.2, 0) is 14.4 Å². The monoisotopic (exact) mass is 407 g/mol. The molecule has 2 aliphatic heterocycles. The van der Waals surface area contributed by atoms with Crippen molar-refractivity contribution in [2.75, 3.05) is 7.05 Å². The molecule has 1 N–H and O–H groups in total. The molecule has 0 saturated heterocycles. The molecular weight excluding hydrogens is 393 g/mol. The molecule has 1 aromatic carbocycles. The van der Waals surface area contributed by atoms with E-state index >= 15 is 0 Å². The summed E-state index contributed by atoms with van der Waals surface area (Å²) >= 11 is 11.8. The molecule has 0 fully saturated rings. The highest BCUT2D eigenvalue weighted by Crippen LogP contribution is 2.35. The van der Waals surface area contributed by atoms with E-state index in [0.29, 0.717) is 21.3 Å². The van der Waals surface area contributed by atoms with Gasteiger partial charge >= 0.3 is 0 Å². The molecule has 0 saturated carbocycles. The van der Waals surface area contributed by atoms with Gasteiger partial charge in [-0.05, 0) is 30.7 Å². The van der Waals surface area contributed by atoms with Crippen molar-refractivity contribution >= 4 is 47.1 Å². The van der Waals surface area contributed by atoms with Crippen LogP contribution in [0.4, 0.5) is 0 Å². The highest BCUT2D eigenvalue weighted by molar-refractivity contribution is 6.35. The van der Waals surface area contributed by atoms with Crippen LogP contribution in [0.3, 0.4) is 0 Å². The van der Waals surface area contributed by atoms with Crippen molar-refractivity contribution in [2.45, 2.75) is 19.4 Å². The van der Waals surface area contributed by atoms with E-state index in [9.17, 15) is 14.4 Å². The highest BCUT2D eigenvalue weighted by Gasteiger charge is 2.43. The Bertz CT molecular complexity index is 905. The lowest BCUT2D eigenvalue weighted by molar-refractivity contribution is -0.144. The summed E-state index contributed by atoms with van der Waals surface area (Å²) in [6.45, 7) is 1.66. The molecule has 8 nitrogen and oxygen atoms in total. The second-order valence-electron chi connectivity index (χ2n) is 6.15. The number of hydrazone groups is 1. The zero-order chi connectivity index (χ0) is 19.7. The molecule has 0 aromatic heterocycles. The smallest absolute Gasteiger partial charge is 0.260 e. The summed E-state index contributed by atoms with van der Waals surface area (Å²) in [4.78, 5) is 37.5. The zero-order valence-corrected chi connectivity index (χ0v) is 16.0. The lowest BCUT2D eigenvalue weighted by Gasteiger charge is -2.26. The number of amides is 3. The lowest BCUT2D eigenvalue weighted by Crippen LogP contribution is -2.44. The van der Waals surface area contributed by atoms with Crippen LogP contribution in [0.5, 0.6) is 0 Å². The number of nitrogens with zero attached hydrogens (tertiary/aromatic N) is 4. The van der Waals surface area contributed by atoms with Gasteiger partial charge in [-0.25, -0.2) is 5.43 Å². The number of benzene rings is 1. The molecular formula is C17H15Cl2N5O3. The van der Waals surface area contributed by atoms with Crippen LogP contribution in [0, 0.1) is 5.92 Å². The van der Waals surface area contributed by atoms with Crippen LogP contribution < -0.4 is 5.43 Å². The fourth-order valence-electron chi connectivity index (χ4n) is 2.87. The largest absolute Gasteiger partial charge is 0.281 e. The molecule has 2 unspecified atom stereocenters. The Morgan fingerprint density at radius 1 is 1.30 bits per heavy atom. The van der Waals surface area contributed by atoms with Crippen LogP contribution in [0.25, 0.3) is 0 Å². The van der Waals surface area contributed by atoms with Gasteiger partial charge in [0.25, 0.3) is 5.91 Å². The molecule has 3 rings (SSSR count). The number of imide groups is 1. The van der Waals surface area contributed by atoms with Gasteiger partial charge in [-0.1, -0.05) is 23.2 Å². The molecule has 1 aromatic rings.